The number of ether oxygens (including phenoxy) is 3. The average molecular weight is 441 g/mol. The number of nitriles is 1. The fraction of sp³-hybridized carbons (Fsp3) is 0.273. The van der Waals surface area contributed by atoms with E-state index in [1.54, 1.807) is 0 Å². The zero-order chi connectivity index (χ0) is 23.3. The SMILES string of the molecule is COC(=O)c1ccoc1CC(C#N)(Cc1occc1C(=O)OC)c1occc1C(=O)OC. The molecule has 0 unspecified atom stereocenters. The van der Waals surface area contributed by atoms with Gasteiger partial charge in [0.1, 0.15) is 39.4 Å². The lowest BCUT2D eigenvalue weighted by Gasteiger charge is -2.24. The zero-order valence-electron chi connectivity index (χ0n) is 17.5. The summed E-state index contributed by atoms with van der Waals surface area (Å²) in [5.41, 5.74) is -1.42. The topological polar surface area (TPSA) is 142 Å². The molecule has 32 heavy (non-hydrogen) atoms. The molecule has 3 aromatic heterocycles. The molecule has 0 atom stereocenters. The van der Waals surface area contributed by atoms with Crippen LogP contribution in [0, 0.1) is 11.3 Å². The highest BCUT2D eigenvalue weighted by Crippen LogP contribution is 2.37. The molecule has 0 aliphatic heterocycles. The molecule has 3 aromatic rings. The lowest BCUT2D eigenvalue weighted by atomic mass is 9.76. The number of carbonyl (C=O) groups is 3. The van der Waals surface area contributed by atoms with Gasteiger partial charge in [-0.05, 0) is 18.2 Å². The number of rotatable bonds is 8. The van der Waals surface area contributed by atoms with Crippen LogP contribution in [0.25, 0.3) is 0 Å². The van der Waals surface area contributed by atoms with Crippen LogP contribution in [-0.2, 0) is 32.5 Å². The Hall–Kier alpha value is -4.26. The molecule has 166 valence electrons. The lowest BCUT2D eigenvalue weighted by Crippen LogP contribution is -2.32. The van der Waals surface area contributed by atoms with Crippen LogP contribution in [0.5, 0.6) is 0 Å². The molecule has 0 fully saturated rings. The maximum atomic E-state index is 12.3. The van der Waals surface area contributed by atoms with Crippen LogP contribution in [0.2, 0.25) is 0 Å². The lowest BCUT2D eigenvalue weighted by molar-refractivity contribution is 0.0584. The third-order valence-electron chi connectivity index (χ3n) is 4.95. The van der Waals surface area contributed by atoms with Gasteiger partial charge in [-0.1, -0.05) is 0 Å². The van der Waals surface area contributed by atoms with Gasteiger partial charge in [0.25, 0.3) is 0 Å². The van der Waals surface area contributed by atoms with Gasteiger partial charge < -0.3 is 27.5 Å². The summed E-state index contributed by atoms with van der Waals surface area (Å²) < 4.78 is 30.8. The summed E-state index contributed by atoms with van der Waals surface area (Å²) in [5, 5.41) is 10.3. The van der Waals surface area contributed by atoms with Crippen LogP contribution >= 0.6 is 0 Å². The number of methoxy groups -OCH3 is 3. The van der Waals surface area contributed by atoms with Crippen LogP contribution in [0.1, 0.15) is 48.4 Å². The van der Waals surface area contributed by atoms with E-state index in [4.69, 9.17) is 27.5 Å². The first-order valence-electron chi connectivity index (χ1n) is 9.27. The largest absolute Gasteiger partial charge is 0.468 e. The fourth-order valence-electron chi connectivity index (χ4n) is 3.39. The van der Waals surface area contributed by atoms with Crippen molar-refractivity contribution in [1.82, 2.24) is 0 Å². The Morgan fingerprint density at radius 1 is 0.781 bits per heavy atom. The highest BCUT2D eigenvalue weighted by atomic mass is 16.5. The molecule has 0 saturated heterocycles. The molecule has 0 aliphatic carbocycles. The van der Waals surface area contributed by atoms with Gasteiger partial charge in [-0.15, -0.1) is 0 Å². The molecule has 0 bridgehead atoms. The summed E-state index contributed by atoms with van der Waals surface area (Å²) in [5.74, 6) is -1.85. The van der Waals surface area contributed by atoms with Crippen LogP contribution < -0.4 is 0 Å². The Bertz CT molecular complexity index is 1120. The van der Waals surface area contributed by atoms with Gasteiger partial charge in [0.15, 0.2) is 0 Å². The van der Waals surface area contributed by atoms with Crippen molar-refractivity contribution in [3.63, 3.8) is 0 Å². The van der Waals surface area contributed by atoms with Crippen LogP contribution in [-0.4, -0.2) is 39.2 Å². The van der Waals surface area contributed by atoms with Crippen molar-refractivity contribution in [2.75, 3.05) is 21.3 Å². The van der Waals surface area contributed by atoms with Crippen molar-refractivity contribution in [2.24, 2.45) is 0 Å². The Labute approximate surface area is 182 Å². The number of hydrogen-bond donors (Lipinski definition) is 0. The first kappa shape index (κ1) is 22.4. The Morgan fingerprint density at radius 2 is 1.19 bits per heavy atom. The average Bonchev–Trinajstić information content (AvgIpc) is 3.57. The molecule has 0 aromatic carbocycles. The predicted octanol–water partition coefficient (Wildman–Crippen LogP) is 3.07. The summed E-state index contributed by atoms with van der Waals surface area (Å²) in [6, 6.07) is 6.32. The molecule has 0 aliphatic rings. The van der Waals surface area contributed by atoms with Crippen LogP contribution in [0.3, 0.4) is 0 Å². The van der Waals surface area contributed by atoms with Gasteiger partial charge in [0.2, 0.25) is 0 Å². The maximum absolute atomic E-state index is 12.3. The minimum Gasteiger partial charge on any atom is -0.468 e. The quantitative estimate of drug-likeness (QED) is 0.378. The molecule has 10 heteroatoms. The number of furan rings is 3. The Balaban J connectivity index is 2.17. The van der Waals surface area contributed by atoms with Crippen LogP contribution in [0.4, 0.5) is 0 Å². The minimum absolute atomic E-state index is 0.00592. The van der Waals surface area contributed by atoms with Crippen LogP contribution in [0.15, 0.2) is 50.2 Å². The standard InChI is InChI=1S/C22H19NO9/c1-27-19(24)13-4-7-30-16(13)10-22(12-23,18-15(6-9-32-18)21(26)29-3)11-17-14(5-8-31-17)20(25)28-2/h4-9H,10-11H2,1-3H3. The number of nitrogens with zero attached hydrogens (tertiary/aromatic N) is 1. The van der Waals surface area contributed by atoms with Gasteiger partial charge in [0, 0.05) is 12.8 Å². The van der Waals surface area contributed by atoms with E-state index in [1.165, 1.54) is 58.3 Å². The summed E-state index contributed by atoms with van der Waals surface area (Å²) in [6.45, 7) is 0. The van der Waals surface area contributed by atoms with E-state index >= 15 is 0 Å². The maximum Gasteiger partial charge on any atom is 0.341 e. The summed E-state index contributed by atoms with van der Waals surface area (Å²) in [4.78, 5) is 36.6. The summed E-state index contributed by atoms with van der Waals surface area (Å²) in [7, 11) is 3.62. The van der Waals surface area contributed by atoms with Crippen molar-refractivity contribution < 1.29 is 41.8 Å². The smallest absolute Gasteiger partial charge is 0.341 e. The highest BCUT2D eigenvalue weighted by molar-refractivity contribution is 5.92. The normalized spacial score (nSPS) is 10.9. The van der Waals surface area contributed by atoms with Crippen molar-refractivity contribution in [1.29, 1.82) is 5.26 Å². The second-order valence-electron chi connectivity index (χ2n) is 6.70. The Morgan fingerprint density at radius 3 is 1.62 bits per heavy atom. The minimum atomic E-state index is -1.63. The van der Waals surface area contributed by atoms with Crippen molar-refractivity contribution in [2.45, 2.75) is 18.3 Å². The highest BCUT2D eigenvalue weighted by Gasteiger charge is 2.43. The molecular formula is C22H19NO9. The molecule has 0 radical (unpaired) electrons. The number of esters is 3. The van der Waals surface area contributed by atoms with Crippen molar-refractivity contribution in [3.8, 4) is 6.07 Å². The van der Waals surface area contributed by atoms with E-state index < -0.39 is 23.3 Å². The van der Waals surface area contributed by atoms with E-state index in [0.717, 1.165) is 0 Å². The number of hydrogen-bond acceptors (Lipinski definition) is 10. The fourth-order valence-corrected chi connectivity index (χ4v) is 3.39. The van der Waals surface area contributed by atoms with E-state index in [9.17, 15) is 19.6 Å². The third kappa shape index (κ3) is 4.00. The number of carbonyl (C=O) groups excluding carboxylic acids is 3. The molecule has 10 nitrogen and oxygen atoms in total. The monoisotopic (exact) mass is 441 g/mol. The van der Waals surface area contributed by atoms with E-state index in [0.29, 0.717) is 0 Å². The van der Waals surface area contributed by atoms with E-state index in [1.807, 2.05) is 0 Å². The first-order chi connectivity index (χ1) is 15.4. The second-order valence-corrected chi connectivity index (χ2v) is 6.70. The Kier molecular flexibility index (Phi) is 6.49. The molecule has 0 amide bonds. The van der Waals surface area contributed by atoms with Gasteiger partial charge in [-0.3, -0.25) is 0 Å². The van der Waals surface area contributed by atoms with Crippen molar-refractivity contribution >= 4 is 17.9 Å². The van der Waals surface area contributed by atoms with Gasteiger partial charge in [-0.25, -0.2) is 14.4 Å². The molecular weight excluding hydrogens is 422 g/mol. The second kappa shape index (κ2) is 9.26. The molecule has 3 rings (SSSR count). The third-order valence-corrected chi connectivity index (χ3v) is 4.95. The molecule has 3 heterocycles. The first-order valence-corrected chi connectivity index (χ1v) is 9.27. The van der Waals surface area contributed by atoms with Gasteiger partial charge in [-0.2, -0.15) is 5.26 Å². The van der Waals surface area contributed by atoms with Crippen molar-refractivity contribution in [3.05, 3.63) is 71.0 Å². The van der Waals surface area contributed by atoms with E-state index in [2.05, 4.69) is 6.07 Å². The van der Waals surface area contributed by atoms with Gasteiger partial charge >= 0.3 is 17.9 Å². The molecule has 0 N–H and O–H groups in total. The molecule has 0 spiro atoms. The van der Waals surface area contributed by atoms with Gasteiger partial charge in [0.05, 0.1) is 46.2 Å². The molecule has 0 saturated carbocycles. The zero-order valence-corrected chi connectivity index (χ0v) is 17.5. The van der Waals surface area contributed by atoms with E-state index in [-0.39, 0.29) is 46.8 Å². The summed E-state index contributed by atoms with van der Waals surface area (Å²) in [6.07, 6.45) is 3.37. The summed E-state index contributed by atoms with van der Waals surface area (Å²) >= 11 is 0. The predicted molar refractivity (Wildman–Crippen MR) is 105 cm³/mol.